The van der Waals surface area contributed by atoms with Gasteiger partial charge in [0, 0.05) is 16.2 Å². The molecule has 0 atom stereocenters. The van der Waals surface area contributed by atoms with Gasteiger partial charge in [-0.25, -0.2) is 0 Å². The second-order valence-electron chi connectivity index (χ2n) is 14.9. The van der Waals surface area contributed by atoms with Gasteiger partial charge in [-0.1, -0.05) is 126 Å². The molecule has 0 fully saturated rings. The summed E-state index contributed by atoms with van der Waals surface area (Å²) in [5.41, 5.74) is 16.9. The summed E-state index contributed by atoms with van der Waals surface area (Å²) in [7, 11) is 0. The molecule has 0 nitrogen and oxygen atoms in total. The Kier molecular flexibility index (Phi) is 4.03. The molecule has 0 saturated heterocycles. The highest BCUT2D eigenvalue weighted by Gasteiger charge is 2.45. The minimum absolute atomic E-state index is 0.106. The van der Waals surface area contributed by atoms with Crippen LogP contribution in [0, 0.1) is 0 Å². The van der Waals surface area contributed by atoms with Gasteiger partial charge in [-0.3, -0.25) is 0 Å². The zero-order chi connectivity index (χ0) is 29.2. The molecule has 0 heteroatoms. The minimum atomic E-state index is -0.109. The summed E-state index contributed by atoms with van der Waals surface area (Å²) in [5, 5.41) is 8.65. The van der Waals surface area contributed by atoms with Crippen LogP contribution in [0.3, 0.4) is 0 Å². The highest BCUT2D eigenvalue weighted by atomic mass is 14.5. The molecule has 0 heterocycles. The van der Waals surface area contributed by atoms with E-state index >= 15 is 0 Å². The van der Waals surface area contributed by atoms with Crippen LogP contribution in [-0.2, 0) is 16.2 Å². The molecule has 0 saturated carbocycles. The van der Waals surface area contributed by atoms with Crippen molar-refractivity contribution in [3.63, 3.8) is 0 Å². The summed E-state index contributed by atoms with van der Waals surface area (Å²) >= 11 is 0. The first-order valence-electron chi connectivity index (χ1n) is 15.8. The number of benzene rings is 7. The molecule has 0 aliphatic heterocycles. The second kappa shape index (κ2) is 7.20. The van der Waals surface area contributed by atoms with Crippen molar-refractivity contribution < 1.29 is 0 Å². The molecule has 0 aromatic heterocycles. The first-order chi connectivity index (χ1) is 20.6. The number of hydrogen-bond donors (Lipinski definition) is 0. The van der Waals surface area contributed by atoms with Crippen molar-refractivity contribution in [2.45, 2.75) is 57.8 Å². The predicted octanol–water partition coefficient (Wildman–Crippen LogP) is 11.5. The lowest BCUT2D eigenvalue weighted by Gasteiger charge is -2.40. The Morgan fingerprint density at radius 2 is 0.907 bits per heavy atom. The number of fused-ring (bicyclic) bond motifs is 9. The highest BCUT2D eigenvalue weighted by Crippen LogP contribution is 2.63. The van der Waals surface area contributed by atoms with Crippen molar-refractivity contribution in [2.24, 2.45) is 0 Å². The summed E-state index contributed by atoms with van der Waals surface area (Å²) < 4.78 is 0. The molecule has 0 N–H and O–H groups in total. The van der Waals surface area contributed by atoms with Crippen molar-refractivity contribution in [3.05, 3.63) is 130 Å². The lowest BCUT2D eigenvalue weighted by atomic mass is 9.62. The molecule has 7 aromatic rings. The Bertz CT molecular complexity index is 2410. The van der Waals surface area contributed by atoms with Crippen LogP contribution < -0.4 is 0 Å². The molecule has 0 unspecified atom stereocenters. The van der Waals surface area contributed by atoms with Crippen LogP contribution in [-0.4, -0.2) is 0 Å². The van der Waals surface area contributed by atoms with E-state index in [0.29, 0.717) is 0 Å². The highest BCUT2D eigenvalue weighted by molar-refractivity contribution is 6.34. The van der Waals surface area contributed by atoms with Gasteiger partial charge >= 0.3 is 0 Å². The smallest absolute Gasteiger partial charge is 0.0165 e. The summed E-state index contributed by atoms with van der Waals surface area (Å²) in [5.74, 6) is 0. The molecule has 206 valence electrons. The van der Waals surface area contributed by atoms with Crippen LogP contribution >= 0.6 is 0 Å². The van der Waals surface area contributed by atoms with E-state index in [4.69, 9.17) is 0 Å². The number of hydrogen-bond acceptors (Lipinski definition) is 0. The minimum Gasteiger partial charge on any atom is -0.0619 e. The fourth-order valence-electron chi connectivity index (χ4n) is 9.74. The molecule has 10 rings (SSSR count). The van der Waals surface area contributed by atoms with Crippen LogP contribution in [0.15, 0.2) is 97.1 Å². The second-order valence-corrected chi connectivity index (χ2v) is 14.9. The van der Waals surface area contributed by atoms with Crippen LogP contribution in [0.25, 0.3) is 65.7 Å². The zero-order valence-electron chi connectivity index (χ0n) is 25.7. The van der Waals surface area contributed by atoms with E-state index in [9.17, 15) is 0 Å². The van der Waals surface area contributed by atoms with Crippen LogP contribution in [0.1, 0.15) is 74.9 Å². The van der Waals surface area contributed by atoms with Crippen molar-refractivity contribution in [1.82, 2.24) is 0 Å². The predicted molar refractivity (Wildman–Crippen MR) is 183 cm³/mol. The number of rotatable bonds is 0. The van der Waals surface area contributed by atoms with Gasteiger partial charge in [0.15, 0.2) is 0 Å². The standard InChI is InChI=1S/C43H34/c1-41(2)29-16-10-7-13-24(29)25-20-19-23-21-32-39-37-28(22-33(41)36(25)34(23)37)35-26-14-8-12-18-31(26)43(5,6)40(35)38(39)27-15-9-11-17-30(27)42(32,3)4/h7-22H,1-6H3. The quantitative estimate of drug-likeness (QED) is 0.165. The molecule has 0 radical (unpaired) electrons. The van der Waals surface area contributed by atoms with E-state index < -0.39 is 0 Å². The van der Waals surface area contributed by atoms with Crippen LogP contribution in [0.5, 0.6) is 0 Å². The fourth-order valence-corrected chi connectivity index (χ4v) is 9.74. The van der Waals surface area contributed by atoms with E-state index in [1.54, 1.807) is 0 Å². The monoisotopic (exact) mass is 550 g/mol. The van der Waals surface area contributed by atoms with Gasteiger partial charge in [0.2, 0.25) is 0 Å². The van der Waals surface area contributed by atoms with Crippen LogP contribution in [0.4, 0.5) is 0 Å². The summed E-state index contributed by atoms with van der Waals surface area (Å²) in [6, 6.07) is 37.5. The fraction of sp³-hybridized carbons (Fsp3) is 0.209. The van der Waals surface area contributed by atoms with Crippen molar-refractivity contribution in [2.75, 3.05) is 0 Å². The van der Waals surface area contributed by atoms with E-state index in [0.717, 1.165) is 0 Å². The Morgan fingerprint density at radius 1 is 0.372 bits per heavy atom. The van der Waals surface area contributed by atoms with Gasteiger partial charge in [-0.05, 0) is 111 Å². The van der Waals surface area contributed by atoms with Gasteiger partial charge in [-0.2, -0.15) is 0 Å². The van der Waals surface area contributed by atoms with Crippen molar-refractivity contribution in [3.8, 4) is 33.4 Å². The molecule has 0 bridgehead atoms. The SMILES string of the molecule is CC1(C)c2ccccc2-c2c1c1c3c(cc4ccc5c6c(cc2c3c46)C(C)(C)c2ccccc2-5)C(C)(C)c2ccccc2-1. The first-order valence-corrected chi connectivity index (χ1v) is 15.8. The molecule has 3 aliphatic rings. The van der Waals surface area contributed by atoms with Crippen molar-refractivity contribution >= 4 is 32.3 Å². The maximum absolute atomic E-state index is 2.62. The van der Waals surface area contributed by atoms with Gasteiger partial charge in [0.05, 0.1) is 0 Å². The topological polar surface area (TPSA) is 0 Å². The van der Waals surface area contributed by atoms with E-state index in [-0.39, 0.29) is 16.2 Å². The molecule has 0 amide bonds. The summed E-state index contributed by atoms with van der Waals surface area (Å²) in [6.45, 7) is 14.7. The van der Waals surface area contributed by atoms with Gasteiger partial charge in [-0.15, -0.1) is 0 Å². The average molecular weight is 551 g/mol. The first kappa shape index (κ1) is 24.1. The molecular formula is C43H34. The lowest BCUT2D eigenvalue weighted by Crippen LogP contribution is -2.27. The van der Waals surface area contributed by atoms with Crippen LogP contribution in [0.2, 0.25) is 0 Å². The van der Waals surface area contributed by atoms with E-state index in [1.165, 1.54) is 99.1 Å². The maximum atomic E-state index is 2.62. The Labute approximate surface area is 253 Å². The Hall–Kier alpha value is -4.42. The zero-order valence-corrected chi connectivity index (χ0v) is 25.7. The molecular weight excluding hydrogens is 516 g/mol. The van der Waals surface area contributed by atoms with Gasteiger partial charge in [0.25, 0.3) is 0 Å². The molecule has 7 aromatic carbocycles. The summed E-state index contributed by atoms with van der Waals surface area (Å²) in [6.07, 6.45) is 0. The molecule has 0 spiro atoms. The third kappa shape index (κ3) is 2.51. The van der Waals surface area contributed by atoms with Gasteiger partial charge < -0.3 is 0 Å². The molecule has 43 heavy (non-hydrogen) atoms. The Morgan fingerprint density at radius 3 is 1.58 bits per heavy atom. The average Bonchev–Trinajstić information content (AvgIpc) is 3.25. The third-order valence-electron chi connectivity index (χ3n) is 11.8. The summed E-state index contributed by atoms with van der Waals surface area (Å²) in [4.78, 5) is 0. The molecule has 3 aliphatic carbocycles. The largest absolute Gasteiger partial charge is 0.0619 e. The van der Waals surface area contributed by atoms with E-state index in [2.05, 4.69) is 139 Å². The Balaban J connectivity index is 1.56. The van der Waals surface area contributed by atoms with E-state index in [1.807, 2.05) is 0 Å². The maximum Gasteiger partial charge on any atom is 0.0165 e. The van der Waals surface area contributed by atoms with Gasteiger partial charge in [0.1, 0.15) is 0 Å². The normalized spacial score (nSPS) is 17.6. The third-order valence-corrected chi connectivity index (χ3v) is 11.8. The lowest BCUT2D eigenvalue weighted by molar-refractivity contribution is 0.639. The van der Waals surface area contributed by atoms with Crippen molar-refractivity contribution in [1.29, 1.82) is 0 Å².